The van der Waals surface area contributed by atoms with Crippen molar-refractivity contribution in [1.82, 2.24) is 0 Å². The average molecular weight is 569 g/mol. The van der Waals surface area contributed by atoms with Crippen molar-refractivity contribution in [1.29, 1.82) is 5.26 Å². The topological polar surface area (TPSA) is 113 Å². The predicted molar refractivity (Wildman–Crippen MR) is 152 cm³/mol. The van der Waals surface area contributed by atoms with E-state index in [9.17, 15) is 10.1 Å². The number of carbonyl (C=O) groups excluding carboxylic acids is 1. The monoisotopic (exact) mass is 568 g/mol. The zero-order valence-corrected chi connectivity index (χ0v) is 22.8. The highest BCUT2D eigenvalue weighted by molar-refractivity contribution is 6.31. The van der Waals surface area contributed by atoms with Crippen LogP contribution in [0.5, 0.6) is 28.7 Å². The molecule has 1 atom stereocenters. The second kappa shape index (κ2) is 12.4. The third-order valence-electron chi connectivity index (χ3n) is 6.38. The number of methoxy groups -OCH3 is 1. The highest BCUT2D eigenvalue weighted by Gasteiger charge is 2.32. The number of nitrogens with zero attached hydrogens (tertiary/aromatic N) is 1. The number of hydrogen-bond acceptors (Lipinski definition) is 8. The second-order valence-electron chi connectivity index (χ2n) is 8.99. The average Bonchev–Trinajstić information content (AvgIpc) is 2.99. The maximum absolute atomic E-state index is 12.4. The van der Waals surface area contributed by atoms with E-state index in [0.717, 1.165) is 11.1 Å². The zero-order valence-electron chi connectivity index (χ0n) is 22.0. The normalized spacial score (nSPS) is 13.8. The number of fused-ring (bicyclic) bond motifs is 1. The first-order chi connectivity index (χ1) is 20.0. The molecule has 0 bridgehead atoms. The van der Waals surface area contributed by atoms with Gasteiger partial charge in [-0.1, -0.05) is 60.1 Å². The number of esters is 1. The lowest BCUT2D eigenvalue weighted by Gasteiger charge is -2.27. The maximum Gasteiger partial charge on any atom is 0.349 e. The van der Waals surface area contributed by atoms with Gasteiger partial charge in [-0.05, 0) is 42.0 Å². The quantitative estimate of drug-likeness (QED) is 0.189. The molecular weight excluding hydrogens is 544 g/mol. The van der Waals surface area contributed by atoms with E-state index in [4.69, 9.17) is 41.0 Å². The van der Waals surface area contributed by atoms with Crippen molar-refractivity contribution in [3.05, 3.63) is 124 Å². The van der Waals surface area contributed by atoms with Crippen LogP contribution in [-0.4, -0.2) is 19.7 Å². The molecule has 0 radical (unpaired) electrons. The first-order valence-corrected chi connectivity index (χ1v) is 13.0. The van der Waals surface area contributed by atoms with Crippen molar-refractivity contribution in [2.75, 3.05) is 13.7 Å². The van der Waals surface area contributed by atoms with Crippen LogP contribution >= 0.6 is 11.6 Å². The minimum Gasteiger partial charge on any atom is -0.493 e. The number of para-hydroxylation sites is 1. The van der Waals surface area contributed by atoms with Crippen molar-refractivity contribution in [2.45, 2.75) is 12.5 Å². The van der Waals surface area contributed by atoms with Gasteiger partial charge in [-0.25, -0.2) is 4.79 Å². The van der Waals surface area contributed by atoms with E-state index in [0.29, 0.717) is 33.6 Å². The summed E-state index contributed by atoms with van der Waals surface area (Å²) in [5.41, 5.74) is 8.64. The second-order valence-corrected chi connectivity index (χ2v) is 9.40. The first-order valence-electron chi connectivity index (χ1n) is 12.6. The Labute approximate surface area is 242 Å². The molecule has 8 nitrogen and oxygen atoms in total. The molecule has 0 amide bonds. The highest BCUT2D eigenvalue weighted by Crippen LogP contribution is 2.45. The lowest BCUT2D eigenvalue weighted by Crippen LogP contribution is -2.21. The number of nitrogens with two attached hydrogens (primary N) is 1. The lowest BCUT2D eigenvalue weighted by atomic mass is 9.83. The number of hydrogen-bond donors (Lipinski definition) is 1. The Hall–Kier alpha value is -5.13. The van der Waals surface area contributed by atoms with Gasteiger partial charge in [0.1, 0.15) is 35.5 Å². The molecule has 41 heavy (non-hydrogen) atoms. The maximum atomic E-state index is 12.4. The van der Waals surface area contributed by atoms with Gasteiger partial charge < -0.3 is 29.4 Å². The fraction of sp³-hybridized carbons (Fsp3) is 0.125. The summed E-state index contributed by atoms with van der Waals surface area (Å²) in [5, 5.41) is 10.5. The Morgan fingerprint density at radius 1 is 0.951 bits per heavy atom. The third kappa shape index (κ3) is 6.21. The van der Waals surface area contributed by atoms with E-state index >= 15 is 0 Å². The van der Waals surface area contributed by atoms with Gasteiger partial charge in [0.05, 0.1) is 13.0 Å². The Morgan fingerprint density at radius 3 is 2.49 bits per heavy atom. The Bertz CT molecular complexity index is 1650. The Morgan fingerprint density at radius 2 is 1.73 bits per heavy atom. The third-order valence-corrected chi connectivity index (χ3v) is 6.75. The molecule has 0 aromatic heterocycles. The lowest BCUT2D eigenvalue weighted by molar-refractivity contribution is -0.136. The van der Waals surface area contributed by atoms with E-state index < -0.39 is 11.9 Å². The number of carbonyl (C=O) groups is 1. The van der Waals surface area contributed by atoms with Crippen LogP contribution in [0.4, 0.5) is 0 Å². The molecule has 0 saturated heterocycles. The number of nitriles is 1. The van der Waals surface area contributed by atoms with Crippen molar-refractivity contribution in [3.63, 3.8) is 0 Å². The van der Waals surface area contributed by atoms with E-state index in [-0.39, 0.29) is 30.4 Å². The fourth-order valence-electron chi connectivity index (χ4n) is 4.42. The molecule has 5 rings (SSSR count). The van der Waals surface area contributed by atoms with Crippen LogP contribution in [0, 0.1) is 11.3 Å². The molecule has 4 aromatic carbocycles. The molecule has 2 N–H and O–H groups in total. The molecule has 0 saturated carbocycles. The molecule has 9 heteroatoms. The van der Waals surface area contributed by atoms with Crippen molar-refractivity contribution in [2.24, 2.45) is 5.73 Å². The molecular formula is C32H25ClN2O6. The van der Waals surface area contributed by atoms with Gasteiger partial charge in [0.15, 0.2) is 18.1 Å². The van der Waals surface area contributed by atoms with Crippen LogP contribution in [0.2, 0.25) is 5.02 Å². The summed E-state index contributed by atoms with van der Waals surface area (Å²) in [5.74, 6) is 0.969. The highest BCUT2D eigenvalue weighted by atomic mass is 35.5. The molecule has 1 unspecified atom stereocenters. The minimum absolute atomic E-state index is 0.0427. The summed E-state index contributed by atoms with van der Waals surface area (Å²) in [4.78, 5) is 12.4. The SMILES string of the molecule is COc1cc(C2C(C#N)=C(N)Oc3cc(OC(=O)COc4ccccc4)ccc32)ccc1OCc1ccccc1Cl. The van der Waals surface area contributed by atoms with Gasteiger partial charge in [0, 0.05) is 22.2 Å². The van der Waals surface area contributed by atoms with Crippen LogP contribution < -0.4 is 29.4 Å². The number of allylic oxidation sites excluding steroid dienone is 1. The summed E-state index contributed by atoms with van der Waals surface area (Å²) in [6.45, 7) is -0.0143. The zero-order chi connectivity index (χ0) is 28.8. The summed E-state index contributed by atoms with van der Waals surface area (Å²) in [7, 11) is 1.54. The van der Waals surface area contributed by atoms with Gasteiger partial charge >= 0.3 is 5.97 Å². The largest absolute Gasteiger partial charge is 0.493 e. The van der Waals surface area contributed by atoms with Crippen molar-refractivity contribution < 1.29 is 28.5 Å². The van der Waals surface area contributed by atoms with Crippen LogP contribution in [-0.2, 0) is 11.4 Å². The Balaban J connectivity index is 1.37. The van der Waals surface area contributed by atoms with Gasteiger partial charge in [0.25, 0.3) is 0 Å². The van der Waals surface area contributed by atoms with E-state index in [1.54, 1.807) is 48.5 Å². The summed E-state index contributed by atoms with van der Waals surface area (Å²) in [6.07, 6.45) is 0. The van der Waals surface area contributed by atoms with Crippen LogP contribution in [0.15, 0.2) is 102 Å². The van der Waals surface area contributed by atoms with Gasteiger partial charge in [-0.2, -0.15) is 5.26 Å². The predicted octanol–water partition coefficient (Wildman–Crippen LogP) is 6.13. The summed E-state index contributed by atoms with van der Waals surface area (Å²) < 4.78 is 28.3. The minimum atomic E-state index is -0.584. The standard InChI is InChI=1S/C32H25ClN2O6/c1-37-29-15-20(11-14-27(29)39-18-21-7-5-6-10-26(21)33)31-24-13-12-23(16-28(24)41-32(35)25(31)17-34)40-30(36)19-38-22-8-3-2-4-9-22/h2-16,31H,18-19,35H2,1H3. The van der Waals surface area contributed by atoms with Crippen LogP contribution in [0.3, 0.4) is 0 Å². The van der Waals surface area contributed by atoms with Crippen LogP contribution in [0.25, 0.3) is 0 Å². The van der Waals surface area contributed by atoms with E-state index in [2.05, 4.69) is 6.07 Å². The molecule has 1 aliphatic rings. The Kier molecular flexibility index (Phi) is 8.28. The van der Waals surface area contributed by atoms with E-state index in [1.165, 1.54) is 7.11 Å². The molecule has 4 aromatic rings. The van der Waals surface area contributed by atoms with Gasteiger partial charge in [0.2, 0.25) is 5.88 Å². The van der Waals surface area contributed by atoms with Gasteiger partial charge in [-0.3, -0.25) is 0 Å². The molecule has 0 aliphatic carbocycles. The molecule has 0 spiro atoms. The molecule has 206 valence electrons. The first kappa shape index (κ1) is 27.4. The molecule has 1 aliphatic heterocycles. The summed E-state index contributed by atoms with van der Waals surface area (Å²) in [6, 6.07) is 28.9. The number of ether oxygens (including phenoxy) is 5. The molecule has 1 heterocycles. The van der Waals surface area contributed by atoms with Gasteiger partial charge in [-0.15, -0.1) is 0 Å². The number of halogens is 1. The number of rotatable bonds is 9. The van der Waals surface area contributed by atoms with Crippen LogP contribution in [0.1, 0.15) is 22.6 Å². The smallest absolute Gasteiger partial charge is 0.349 e. The number of benzene rings is 4. The van der Waals surface area contributed by atoms with Crippen molar-refractivity contribution in [3.8, 4) is 34.8 Å². The summed E-state index contributed by atoms with van der Waals surface area (Å²) >= 11 is 6.26. The van der Waals surface area contributed by atoms with E-state index in [1.807, 2.05) is 42.5 Å². The van der Waals surface area contributed by atoms with Crippen molar-refractivity contribution >= 4 is 17.6 Å². The fourth-order valence-corrected chi connectivity index (χ4v) is 4.61. The molecule has 0 fully saturated rings.